The number of alkyl carbamates (subject to hydrolysis) is 1. The smallest absolute Gasteiger partial charge is 0.407 e. The Morgan fingerprint density at radius 2 is 1.97 bits per heavy atom. The molecule has 34 heavy (non-hydrogen) atoms. The Morgan fingerprint density at radius 1 is 1.21 bits per heavy atom. The molecular formula is C21H23ClN4O7S. The van der Waals surface area contributed by atoms with Crippen molar-refractivity contribution < 1.29 is 33.8 Å². The Morgan fingerprint density at radius 3 is 2.62 bits per heavy atom. The molecule has 11 nitrogen and oxygen atoms in total. The maximum Gasteiger partial charge on any atom is 0.407 e. The number of amides is 4. The van der Waals surface area contributed by atoms with Crippen LogP contribution in [0.2, 0.25) is 4.34 Å². The zero-order valence-corrected chi connectivity index (χ0v) is 19.5. The van der Waals surface area contributed by atoms with Crippen molar-refractivity contribution in [3.8, 4) is 0 Å². The van der Waals surface area contributed by atoms with E-state index in [0.717, 1.165) is 11.3 Å². The molecule has 3 rings (SSSR count). The molecule has 4 amide bonds. The summed E-state index contributed by atoms with van der Waals surface area (Å²) in [5, 5.41) is 16.4. The summed E-state index contributed by atoms with van der Waals surface area (Å²) >= 11 is 6.92. The van der Waals surface area contributed by atoms with E-state index < -0.39 is 23.9 Å². The van der Waals surface area contributed by atoms with Crippen molar-refractivity contribution in [2.24, 2.45) is 0 Å². The number of aliphatic hydroxyl groups excluding tert-OH is 1. The molecule has 0 aliphatic carbocycles. The molecule has 0 spiro atoms. The number of rotatable bonds is 9. The van der Waals surface area contributed by atoms with Crippen molar-refractivity contribution in [3.63, 3.8) is 0 Å². The normalized spacial score (nSPS) is 14.3. The van der Waals surface area contributed by atoms with Gasteiger partial charge in [0.25, 0.3) is 11.8 Å². The molecule has 1 aliphatic heterocycles. The van der Waals surface area contributed by atoms with E-state index in [1.54, 1.807) is 41.3 Å². The van der Waals surface area contributed by atoms with Gasteiger partial charge in [0.1, 0.15) is 19.3 Å². The Balaban J connectivity index is 1.64. The highest BCUT2D eigenvalue weighted by Crippen LogP contribution is 2.21. The number of morpholine rings is 1. The van der Waals surface area contributed by atoms with Gasteiger partial charge in [0.15, 0.2) is 0 Å². The second-order valence-corrected chi connectivity index (χ2v) is 8.72. The Hall–Kier alpha value is -3.19. The van der Waals surface area contributed by atoms with Crippen LogP contribution in [0, 0.1) is 0 Å². The number of carbonyl (C=O) groups excluding carboxylic acids is 4. The number of thiophene rings is 1. The van der Waals surface area contributed by atoms with Crippen LogP contribution in [0.15, 0.2) is 36.4 Å². The van der Waals surface area contributed by atoms with Crippen molar-refractivity contribution in [2.75, 3.05) is 49.7 Å². The van der Waals surface area contributed by atoms with Gasteiger partial charge in [-0.2, -0.15) is 0 Å². The first-order valence-corrected chi connectivity index (χ1v) is 11.4. The maximum atomic E-state index is 12.8. The van der Waals surface area contributed by atoms with Crippen LogP contribution >= 0.6 is 22.9 Å². The van der Waals surface area contributed by atoms with E-state index in [4.69, 9.17) is 26.2 Å². The van der Waals surface area contributed by atoms with Crippen molar-refractivity contribution in [1.29, 1.82) is 0 Å². The summed E-state index contributed by atoms with van der Waals surface area (Å²) in [5.41, 5.74) is 1.08. The first kappa shape index (κ1) is 25.4. The molecule has 1 aromatic heterocycles. The van der Waals surface area contributed by atoms with Gasteiger partial charge in [0.05, 0.1) is 22.4 Å². The fourth-order valence-electron chi connectivity index (χ4n) is 2.99. The molecule has 1 aliphatic rings. The zero-order valence-electron chi connectivity index (χ0n) is 17.9. The molecule has 4 N–H and O–H groups in total. The van der Waals surface area contributed by atoms with Crippen LogP contribution in [0.4, 0.5) is 16.2 Å². The number of carbonyl (C=O) groups is 4. The summed E-state index contributed by atoms with van der Waals surface area (Å²) in [7, 11) is 0. The maximum absolute atomic E-state index is 12.8. The SMILES string of the molecule is O=C(N[C@H](CNC(=O)c1ccc(Cl)s1)C(=O)Nc1ccc(N2CCOCC2=O)cc1)OCCO. The average molecular weight is 511 g/mol. The highest BCUT2D eigenvalue weighted by atomic mass is 35.5. The molecule has 0 bridgehead atoms. The number of hydrogen-bond donors (Lipinski definition) is 4. The van der Waals surface area contributed by atoms with Gasteiger partial charge < -0.3 is 35.4 Å². The number of ether oxygens (including phenoxy) is 2. The number of hydrogen-bond acceptors (Lipinski definition) is 8. The highest BCUT2D eigenvalue weighted by Gasteiger charge is 2.24. The van der Waals surface area contributed by atoms with Crippen LogP contribution < -0.4 is 20.9 Å². The largest absolute Gasteiger partial charge is 0.447 e. The molecule has 182 valence electrons. The quantitative estimate of drug-likeness (QED) is 0.396. The van der Waals surface area contributed by atoms with Gasteiger partial charge in [0, 0.05) is 24.5 Å². The Kier molecular flexibility index (Phi) is 9.22. The van der Waals surface area contributed by atoms with Gasteiger partial charge in [-0.25, -0.2) is 4.79 Å². The third-order valence-corrected chi connectivity index (χ3v) is 5.86. The zero-order chi connectivity index (χ0) is 24.5. The third-order valence-electron chi connectivity index (χ3n) is 4.63. The number of nitrogens with one attached hydrogen (secondary N) is 3. The topological polar surface area (TPSA) is 146 Å². The summed E-state index contributed by atoms with van der Waals surface area (Å²) in [6.45, 7) is 0.0332. The molecule has 0 saturated carbocycles. The lowest BCUT2D eigenvalue weighted by Crippen LogP contribution is -2.50. The second kappa shape index (κ2) is 12.3. The fraction of sp³-hybridized carbons (Fsp3) is 0.333. The molecule has 1 aromatic carbocycles. The molecule has 2 aromatic rings. The van der Waals surface area contributed by atoms with E-state index in [-0.39, 0.29) is 32.3 Å². The Labute approximate surface area is 204 Å². The van der Waals surface area contributed by atoms with Crippen molar-refractivity contribution in [2.45, 2.75) is 6.04 Å². The number of aliphatic hydroxyl groups is 1. The number of anilines is 2. The van der Waals surface area contributed by atoms with Gasteiger partial charge in [-0.1, -0.05) is 11.6 Å². The number of nitrogens with zero attached hydrogens (tertiary/aromatic N) is 1. The lowest BCUT2D eigenvalue weighted by molar-refractivity contribution is -0.125. The van der Waals surface area contributed by atoms with Crippen LogP contribution in [0.5, 0.6) is 0 Å². The molecule has 1 atom stereocenters. The van der Waals surface area contributed by atoms with Crippen molar-refractivity contribution >= 4 is 58.1 Å². The van der Waals surface area contributed by atoms with Crippen LogP contribution in [0.25, 0.3) is 0 Å². The van der Waals surface area contributed by atoms with E-state index >= 15 is 0 Å². The Bertz CT molecular complexity index is 1030. The van der Waals surface area contributed by atoms with Crippen LogP contribution in [0.1, 0.15) is 9.67 Å². The van der Waals surface area contributed by atoms with E-state index in [1.165, 1.54) is 0 Å². The average Bonchev–Trinajstić information content (AvgIpc) is 3.27. The van der Waals surface area contributed by atoms with Crippen LogP contribution in [-0.4, -0.2) is 74.5 Å². The number of halogens is 1. The minimum absolute atomic E-state index is 0.0155. The molecule has 0 unspecified atom stereocenters. The first-order chi connectivity index (χ1) is 16.4. The monoisotopic (exact) mass is 510 g/mol. The lowest BCUT2D eigenvalue weighted by atomic mass is 10.2. The summed E-state index contributed by atoms with van der Waals surface area (Å²) < 4.78 is 10.3. The second-order valence-electron chi connectivity index (χ2n) is 7.00. The van der Waals surface area contributed by atoms with Crippen molar-refractivity contribution in [3.05, 3.63) is 45.6 Å². The molecule has 2 heterocycles. The molecule has 13 heteroatoms. The molecule has 1 fully saturated rings. The molecule has 0 radical (unpaired) electrons. The van der Waals surface area contributed by atoms with E-state index in [0.29, 0.717) is 33.7 Å². The lowest BCUT2D eigenvalue weighted by Gasteiger charge is -2.27. The summed E-state index contributed by atoms with van der Waals surface area (Å²) in [5.74, 6) is -1.23. The van der Waals surface area contributed by atoms with Gasteiger partial charge >= 0.3 is 6.09 Å². The van der Waals surface area contributed by atoms with Gasteiger partial charge in [-0.05, 0) is 36.4 Å². The standard InChI is InChI=1S/C21H23ClN4O7S/c22-17-6-5-16(34-17)20(30)23-11-15(25-21(31)33-10-8-27)19(29)24-13-1-3-14(4-2-13)26-7-9-32-12-18(26)28/h1-6,15,27H,7-12H2,(H,23,30)(H,24,29)(H,25,31)/t15-/m1/s1. The van der Waals surface area contributed by atoms with Crippen LogP contribution in [0.3, 0.4) is 0 Å². The predicted molar refractivity (Wildman–Crippen MR) is 125 cm³/mol. The van der Waals surface area contributed by atoms with E-state index in [1.807, 2.05) is 0 Å². The van der Waals surface area contributed by atoms with Gasteiger partial charge in [0.2, 0.25) is 5.91 Å². The highest BCUT2D eigenvalue weighted by molar-refractivity contribution is 7.18. The van der Waals surface area contributed by atoms with Crippen molar-refractivity contribution in [1.82, 2.24) is 10.6 Å². The summed E-state index contributed by atoms with van der Waals surface area (Å²) in [6.07, 6.45) is -0.927. The first-order valence-electron chi connectivity index (χ1n) is 10.2. The summed E-state index contributed by atoms with van der Waals surface area (Å²) in [4.78, 5) is 51.0. The number of benzene rings is 1. The molecule has 1 saturated heterocycles. The summed E-state index contributed by atoms with van der Waals surface area (Å²) in [6, 6.07) is 8.53. The minimum Gasteiger partial charge on any atom is -0.447 e. The van der Waals surface area contributed by atoms with Crippen LogP contribution in [-0.2, 0) is 19.1 Å². The predicted octanol–water partition coefficient (Wildman–Crippen LogP) is 1.22. The van der Waals surface area contributed by atoms with Gasteiger partial charge in [-0.3, -0.25) is 14.4 Å². The minimum atomic E-state index is -1.17. The third kappa shape index (κ3) is 7.15. The van der Waals surface area contributed by atoms with E-state index in [2.05, 4.69) is 16.0 Å². The fourth-order valence-corrected chi connectivity index (χ4v) is 3.95. The van der Waals surface area contributed by atoms with Gasteiger partial charge in [-0.15, -0.1) is 11.3 Å². The van der Waals surface area contributed by atoms with E-state index in [9.17, 15) is 19.2 Å². The molecular weight excluding hydrogens is 488 g/mol.